The van der Waals surface area contributed by atoms with Gasteiger partial charge in [0.2, 0.25) is 8.32 Å². The maximum absolute atomic E-state index is 13.3. The highest BCUT2D eigenvalue weighted by Crippen LogP contribution is 2.30. The van der Waals surface area contributed by atoms with Crippen LogP contribution in [0.15, 0.2) is 60.7 Å². The molecule has 0 atom stereocenters. The van der Waals surface area contributed by atoms with E-state index < -0.39 is 8.32 Å². The van der Waals surface area contributed by atoms with Crippen molar-refractivity contribution in [3.8, 4) is 0 Å². The van der Waals surface area contributed by atoms with Crippen molar-refractivity contribution < 1.29 is 9.59 Å². The van der Waals surface area contributed by atoms with Gasteiger partial charge in [-0.2, -0.15) is 0 Å². The molecule has 1 amide bonds. The number of amides is 1. The van der Waals surface area contributed by atoms with Crippen LogP contribution in [-0.4, -0.2) is 37.0 Å². The largest absolute Gasteiger partial charge is 0.428 e. The second-order valence-corrected chi connectivity index (χ2v) is 12.5. The number of hydrogen-bond acceptors (Lipinski definition) is 3. The van der Waals surface area contributed by atoms with Crippen LogP contribution in [0.4, 0.5) is 0 Å². The molecule has 3 aromatic carbocycles. The van der Waals surface area contributed by atoms with E-state index in [2.05, 4.69) is 24.3 Å². The van der Waals surface area contributed by atoms with E-state index in [1.807, 2.05) is 54.4 Å². The van der Waals surface area contributed by atoms with Crippen molar-refractivity contribution in [1.82, 2.24) is 4.90 Å². The van der Waals surface area contributed by atoms with Gasteiger partial charge in [-0.15, -0.1) is 0 Å². The Morgan fingerprint density at radius 1 is 1.07 bits per heavy atom. The number of piperidine rings is 1. The summed E-state index contributed by atoms with van der Waals surface area (Å²) in [5.74, 6) is 0.579. The van der Waals surface area contributed by atoms with Crippen molar-refractivity contribution in [2.75, 3.05) is 13.1 Å². The molecule has 156 valence electrons. The fraction of sp³-hybridized carbons (Fsp3) is 0.320. The highest BCUT2D eigenvalue weighted by molar-refractivity contribution is 6.83. The van der Waals surface area contributed by atoms with Gasteiger partial charge in [-0.25, -0.2) is 0 Å². The Hall–Kier alpha value is -2.47. The zero-order chi connectivity index (χ0) is 21.3. The Balaban J connectivity index is 1.52. The van der Waals surface area contributed by atoms with Crippen LogP contribution in [0.3, 0.4) is 0 Å². The summed E-state index contributed by atoms with van der Waals surface area (Å²) < 4.78 is 0. The SMILES string of the molecule is C[Si](C)(O)c1ccc2c(C(=O)N3CCC(c4cccc(CN)c4)CC3)cccc2c1. The standard InChI is InChI=1S/C25H30N2O2Si/c1-30(2,29)22-9-10-23-21(16-22)7-4-8-24(23)25(28)27-13-11-19(12-14-27)20-6-3-5-18(15-20)17-26/h3-10,15-16,19,29H,11-14,17,26H2,1-2H3. The van der Waals surface area contributed by atoms with Gasteiger partial charge in [-0.1, -0.05) is 54.6 Å². The molecule has 3 N–H and O–H groups in total. The summed E-state index contributed by atoms with van der Waals surface area (Å²) in [6.45, 7) is 5.92. The first kappa shape index (κ1) is 20.8. The smallest absolute Gasteiger partial charge is 0.254 e. The van der Waals surface area contributed by atoms with Crippen LogP contribution in [0.1, 0.15) is 40.2 Å². The number of benzene rings is 3. The van der Waals surface area contributed by atoms with Crippen molar-refractivity contribution in [1.29, 1.82) is 0 Å². The molecule has 0 radical (unpaired) electrons. The van der Waals surface area contributed by atoms with E-state index in [1.54, 1.807) is 0 Å². The van der Waals surface area contributed by atoms with Crippen molar-refractivity contribution >= 4 is 30.2 Å². The fourth-order valence-electron chi connectivity index (χ4n) is 4.41. The van der Waals surface area contributed by atoms with Gasteiger partial charge in [0.25, 0.3) is 5.91 Å². The summed E-state index contributed by atoms with van der Waals surface area (Å²) in [5.41, 5.74) is 9.03. The lowest BCUT2D eigenvalue weighted by Gasteiger charge is -2.32. The Labute approximate surface area is 179 Å². The number of carbonyl (C=O) groups excluding carboxylic acids is 1. The summed E-state index contributed by atoms with van der Waals surface area (Å²) in [4.78, 5) is 25.7. The van der Waals surface area contributed by atoms with Gasteiger partial charge in [0, 0.05) is 25.2 Å². The van der Waals surface area contributed by atoms with Crippen LogP contribution in [0.25, 0.3) is 10.8 Å². The van der Waals surface area contributed by atoms with E-state index in [0.29, 0.717) is 12.5 Å². The van der Waals surface area contributed by atoms with E-state index in [4.69, 9.17) is 5.73 Å². The molecule has 0 spiro atoms. The van der Waals surface area contributed by atoms with E-state index in [9.17, 15) is 9.59 Å². The van der Waals surface area contributed by atoms with Crippen molar-refractivity contribution in [3.05, 3.63) is 77.4 Å². The molecule has 0 bridgehead atoms. The van der Waals surface area contributed by atoms with Gasteiger partial charge in [-0.3, -0.25) is 4.79 Å². The van der Waals surface area contributed by atoms with Crippen LogP contribution in [0, 0.1) is 0 Å². The Morgan fingerprint density at radius 2 is 1.80 bits per heavy atom. The minimum absolute atomic E-state index is 0.100. The molecule has 5 heteroatoms. The second kappa shape index (κ2) is 8.34. The molecule has 0 aliphatic carbocycles. The number of nitrogens with zero attached hydrogens (tertiary/aromatic N) is 1. The molecule has 1 aliphatic rings. The van der Waals surface area contributed by atoms with Gasteiger partial charge >= 0.3 is 0 Å². The summed E-state index contributed by atoms with van der Waals surface area (Å²) in [7, 11) is -2.38. The van der Waals surface area contributed by atoms with Crippen molar-refractivity contribution in [2.24, 2.45) is 5.73 Å². The summed E-state index contributed by atoms with van der Waals surface area (Å²) in [5, 5.41) is 2.96. The first-order valence-electron chi connectivity index (χ1n) is 10.7. The monoisotopic (exact) mass is 418 g/mol. The lowest BCUT2D eigenvalue weighted by molar-refractivity contribution is 0.0715. The molecule has 4 nitrogen and oxygen atoms in total. The number of rotatable bonds is 4. The Kier molecular flexibility index (Phi) is 5.78. The molecule has 1 fully saturated rings. The predicted octanol–water partition coefficient (Wildman–Crippen LogP) is 3.72. The molecule has 1 saturated heterocycles. The van der Waals surface area contributed by atoms with Crippen LogP contribution in [0.5, 0.6) is 0 Å². The summed E-state index contributed by atoms with van der Waals surface area (Å²) >= 11 is 0. The van der Waals surface area contributed by atoms with Crippen LogP contribution in [0.2, 0.25) is 13.1 Å². The molecule has 30 heavy (non-hydrogen) atoms. The third kappa shape index (κ3) is 4.19. The zero-order valence-electron chi connectivity index (χ0n) is 17.8. The maximum Gasteiger partial charge on any atom is 0.254 e. The lowest BCUT2D eigenvalue weighted by atomic mass is 9.88. The van der Waals surface area contributed by atoms with Crippen molar-refractivity contribution in [2.45, 2.75) is 38.4 Å². The first-order chi connectivity index (χ1) is 14.4. The van der Waals surface area contributed by atoms with Gasteiger partial charge in [-0.05, 0) is 65.0 Å². The topological polar surface area (TPSA) is 66.6 Å². The molecule has 0 unspecified atom stereocenters. The third-order valence-corrected chi connectivity index (χ3v) is 7.98. The lowest BCUT2D eigenvalue weighted by Crippen LogP contribution is -2.41. The van der Waals surface area contributed by atoms with Gasteiger partial charge < -0.3 is 15.4 Å². The highest BCUT2D eigenvalue weighted by atomic mass is 28.4. The minimum atomic E-state index is -2.38. The van der Waals surface area contributed by atoms with Crippen molar-refractivity contribution in [3.63, 3.8) is 0 Å². The van der Waals surface area contributed by atoms with E-state index >= 15 is 0 Å². The number of hydrogen-bond donors (Lipinski definition) is 2. The molecule has 1 aliphatic heterocycles. The number of nitrogens with two attached hydrogens (primary N) is 1. The van der Waals surface area contributed by atoms with Gasteiger partial charge in [0.05, 0.1) is 0 Å². The fourth-order valence-corrected chi connectivity index (χ4v) is 5.41. The number of likely N-dealkylation sites (tertiary alicyclic amines) is 1. The van der Waals surface area contributed by atoms with E-state index in [0.717, 1.165) is 53.0 Å². The molecule has 0 saturated carbocycles. The summed E-state index contributed by atoms with van der Waals surface area (Å²) in [6, 6.07) is 20.4. The molecule has 4 rings (SSSR count). The normalized spacial score (nSPS) is 15.5. The third-order valence-electron chi connectivity index (χ3n) is 6.26. The number of carbonyl (C=O) groups is 1. The summed E-state index contributed by atoms with van der Waals surface area (Å²) in [6.07, 6.45) is 1.94. The average molecular weight is 419 g/mol. The molecular weight excluding hydrogens is 388 g/mol. The van der Waals surface area contributed by atoms with Crippen LogP contribution < -0.4 is 10.9 Å². The molecule has 3 aromatic rings. The van der Waals surface area contributed by atoms with E-state index in [-0.39, 0.29) is 5.91 Å². The molecule has 1 heterocycles. The molecular formula is C25H30N2O2Si. The van der Waals surface area contributed by atoms with Crippen LogP contribution in [-0.2, 0) is 6.54 Å². The first-order valence-corrected chi connectivity index (χ1v) is 13.7. The predicted molar refractivity (Wildman–Crippen MR) is 125 cm³/mol. The highest BCUT2D eigenvalue weighted by Gasteiger charge is 2.26. The van der Waals surface area contributed by atoms with E-state index in [1.165, 1.54) is 5.56 Å². The minimum Gasteiger partial charge on any atom is -0.428 e. The number of fused-ring (bicyclic) bond motifs is 1. The zero-order valence-corrected chi connectivity index (χ0v) is 18.8. The Bertz CT molecular complexity index is 1070. The average Bonchev–Trinajstić information content (AvgIpc) is 2.77. The Morgan fingerprint density at radius 3 is 2.50 bits per heavy atom. The maximum atomic E-state index is 13.3. The molecule has 0 aromatic heterocycles. The quantitative estimate of drug-likeness (QED) is 0.635. The van der Waals surface area contributed by atoms with Gasteiger partial charge in [0.15, 0.2) is 0 Å². The second-order valence-electron chi connectivity index (χ2n) is 8.82. The van der Waals surface area contributed by atoms with Crippen LogP contribution >= 0.6 is 0 Å². The van der Waals surface area contributed by atoms with Gasteiger partial charge in [0.1, 0.15) is 0 Å².